The van der Waals surface area contributed by atoms with E-state index in [0.29, 0.717) is 6.04 Å². The Morgan fingerprint density at radius 3 is 2.10 bits per heavy atom. The fourth-order valence-corrected chi connectivity index (χ4v) is 3.27. The Morgan fingerprint density at radius 2 is 1.60 bits per heavy atom. The lowest BCUT2D eigenvalue weighted by atomic mass is 9.80. The molecule has 1 fully saturated rings. The Bertz CT molecular complexity index is 443. The molecule has 1 saturated carbocycles. The van der Waals surface area contributed by atoms with E-state index in [2.05, 4.69) is 19.2 Å². The molecule has 0 heterocycles. The van der Waals surface area contributed by atoms with Crippen LogP contribution in [0.4, 0.5) is 5.69 Å². The lowest BCUT2D eigenvalue weighted by Gasteiger charge is -2.32. The molecule has 2 unspecified atom stereocenters. The standard InChI is InChI=1S/C17H26N2O/c1-12-9-13(2)11-16(10-12)18-15-7-5-14(6-8-15)17(20)19(3)4/h5-8,12-13,16,18H,9-11H2,1-4H3. The summed E-state index contributed by atoms with van der Waals surface area (Å²) in [5.41, 5.74) is 1.86. The van der Waals surface area contributed by atoms with Crippen molar-refractivity contribution < 1.29 is 4.79 Å². The molecule has 1 amide bonds. The van der Waals surface area contributed by atoms with E-state index in [1.807, 2.05) is 24.3 Å². The van der Waals surface area contributed by atoms with E-state index in [1.165, 1.54) is 19.3 Å². The SMILES string of the molecule is CC1CC(C)CC(Nc2ccc(C(=O)N(C)C)cc2)C1. The summed E-state index contributed by atoms with van der Waals surface area (Å²) in [6.07, 6.45) is 3.82. The maximum Gasteiger partial charge on any atom is 0.253 e. The van der Waals surface area contributed by atoms with E-state index in [-0.39, 0.29) is 5.91 Å². The normalized spacial score (nSPS) is 26.1. The molecular formula is C17H26N2O. The zero-order valence-electron chi connectivity index (χ0n) is 13.0. The summed E-state index contributed by atoms with van der Waals surface area (Å²) in [4.78, 5) is 13.4. The fraction of sp³-hybridized carbons (Fsp3) is 0.588. The fourth-order valence-electron chi connectivity index (χ4n) is 3.27. The van der Waals surface area contributed by atoms with E-state index in [9.17, 15) is 4.79 Å². The number of nitrogens with one attached hydrogen (secondary N) is 1. The summed E-state index contributed by atoms with van der Waals surface area (Å²) in [6, 6.07) is 8.39. The van der Waals surface area contributed by atoms with Crippen LogP contribution >= 0.6 is 0 Å². The summed E-state index contributed by atoms with van der Waals surface area (Å²) >= 11 is 0. The molecule has 110 valence electrons. The van der Waals surface area contributed by atoms with Crippen molar-refractivity contribution in [2.75, 3.05) is 19.4 Å². The monoisotopic (exact) mass is 274 g/mol. The summed E-state index contributed by atoms with van der Waals surface area (Å²) in [7, 11) is 3.55. The zero-order valence-corrected chi connectivity index (χ0v) is 13.0. The van der Waals surface area contributed by atoms with Gasteiger partial charge in [0.05, 0.1) is 0 Å². The number of hydrogen-bond acceptors (Lipinski definition) is 2. The number of hydrogen-bond donors (Lipinski definition) is 1. The van der Waals surface area contributed by atoms with Gasteiger partial charge in [0.1, 0.15) is 0 Å². The van der Waals surface area contributed by atoms with Crippen molar-refractivity contribution >= 4 is 11.6 Å². The third kappa shape index (κ3) is 3.75. The van der Waals surface area contributed by atoms with Crippen LogP contribution in [-0.2, 0) is 0 Å². The first kappa shape index (κ1) is 14.9. The van der Waals surface area contributed by atoms with Gasteiger partial charge in [0.25, 0.3) is 5.91 Å². The first-order valence-corrected chi connectivity index (χ1v) is 7.54. The number of anilines is 1. The molecule has 2 rings (SSSR count). The molecule has 1 aliphatic rings. The van der Waals surface area contributed by atoms with Gasteiger partial charge in [-0.1, -0.05) is 13.8 Å². The number of benzene rings is 1. The Labute approximate surface area is 122 Å². The number of carbonyl (C=O) groups is 1. The van der Waals surface area contributed by atoms with E-state index >= 15 is 0 Å². The molecule has 1 N–H and O–H groups in total. The van der Waals surface area contributed by atoms with Gasteiger partial charge >= 0.3 is 0 Å². The van der Waals surface area contributed by atoms with Crippen molar-refractivity contribution in [2.45, 2.75) is 39.2 Å². The topological polar surface area (TPSA) is 32.3 Å². The van der Waals surface area contributed by atoms with E-state index in [4.69, 9.17) is 0 Å². The second kappa shape index (κ2) is 6.29. The van der Waals surface area contributed by atoms with Crippen LogP contribution in [0.2, 0.25) is 0 Å². The van der Waals surface area contributed by atoms with Crippen molar-refractivity contribution in [1.29, 1.82) is 0 Å². The number of carbonyl (C=O) groups excluding carboxylic acids is 1. The quantitative estimate of drug-likeness (QED) is 0.913. The Hall–Kier alpha value is -1.51. The van der Waals surface area contributed by atoms with Gasteiger partial charge in [0.2, 0.25) is 0 Å². The molecule has 2 atom stereocenters. The van der Waals surface area contributed by atoms with Crippen LogP contribution in [0.25, 0.3) is 0 Å². The minimum atomic E-state index is 0.0523. The maximum absolute atomic E-state index is 11.8. The van der Waals surface area contributed by atoms with Gasteiger partial charge in [-0.25, -0.2) is 0 Å². The largest absolute Gasteiger partial charge is 0.382 e. The first-order chi connectivity index (χ1) is 9.45. The maximum atomic E-state index is 11.8. The van der Waals surface area contributed by atoms with E-state index in [0.717, 1.165) is 23.1 Å². The Morgan fingerprint density at radius 1 is 1.05 bits per heavy atom. The van der Waals surface area contributed by atoms with Crippen LogP contribution in [0.1, 0.15) is 43.5 Å². The molecule has 1 aromatic rings. The van der Waals surface area contributed by atoms with Crippen molar-refractivity contribution in [1.82, 2.24) is 4.90 Å². The predicted octanol–water partition coefficient (Wildman–Crippen LogP) is 3.63. The highest BCUT2D eigenvalue weighted by Crippen LogP contribution is 2.30. The second-order valence-corrected chi connectivity index (χ2v) is 6.54. The number of amides is 1. The van der Waals surface area contributed by atoms with Crippen molar-refractivity contribution in [3.05, 3.63) is 29.8 Å². The van der Waals surface area contributed by atoms with Crippen molar-refractivity contribution in [2.24, 2.45) is 11.8 Å². The lowest BCUT2D eigenvalue weighted by molar-refractivity contribution is 0.0827. The molecular weight excluding hydrogens is 248 g/mol. The van der Waals surface area contributed by atoms with Crippen LogP contribution in [0.3, 0.4) is 0 Å². The summed E-state index contributed by atoms with van der Waals surface area (Å²) in [5, 5.41) is 3.61. The predicted molar refractivity (Wildman–Crippen MR) is 84.0 cm³/mol. The number of rotatable bonds is 3. The Kier molecular flexibility index (Phi) is 4.69. The highest BCUT2D eigenvalue weighted by atomic mass is 16.2. The average Bonchev–Trinajstić information content (AvgIpc) is 2.37. The highest BCUT2D eigenvalue weighted by Gasteiger charge is 2.23. The van der Waals surface area contributed by atoms with Gasteiger partial charge in [-0.2, -0.15) is 0 Å². The van der Waals surface area contributed by atoms with Gasteiger partial charge in [0, 0.05) is 31.4 Å². The first-order valence-electron chi connectivity index (χ1n) is 7.54. The Balaban J connectivity index is 1.98. The molecule has 0 radical (unpaired) electrons. The van der Waals surface area contributed by atoms with Crippen LogP contribution in [0.15, 0.2) is 24.3 Å². The molecule has 3 nitrogen and oxygen atoms in total. The van der Waals surface area contributed by atoms with Crippen molar-refractivity contribution in [3.8, 4) is 0 Å². The van der Waals surface area contributed by atoms with Gasteiger partial charge in [0.15, 0.2) is 0 Å². The molecule has 0 spiro atoms. The average molecular weight is 274 g/mol. The van der Waals surface area contributed by atoms with Gasteiger partial charge in [-0.15, -0.1) is 0 Å². The smallest absolute Gasteiger partial charge is 0.253 e. The molecule has 0 aromatic heterocycles. The summed E-state index contributed by atoms with van der Waals surface area (Å²) in [6.45, 7) is 4.67. The third-order valence-corrected chi connectivity index (χ3v) is 4.09. The molecule has 0 saturated heterocycles. The van der Waals surface area contributed by atoms with Gasteiger partial charge in [-0.05, 0) is 55.4 Å². The third-order valence-electron chi connectivity index (χ3n) is 4.09. The molecule has 0 aliphatic heterocycles. The minimum Gasteiger partial charge on any atom is -0.382 e. The second-order valence-electron chi connectivity index (χ2n) is 6.54. The van der Waals surface area contributed by atoms with Crippen LogP contribution < -0.4 is 5.32 Å². The van der Waals surface area contributed by atoms with Crippen LogP contribution in [0.5, 0.6) is 0 Å². The van der Waals surface area contributed by atoms with Crippen LogP contribution in [-0.4, -0.2) is 30.9 Å². The van der Waals surface area contributed by atoms with Gasteiger partial charge < -0.3 is 10.2 Å². The van der Waals surface area contributed by atoms with Crippen LogP contribution in [0, 0.1) is 11.8 Å². The van der Waals surface area contributed by atoms with Gasteiger partial charge in [-0.3, -0.25) is 4.79 Å². The van der Waals surface area contributed by atoms with Crippen molar-refractivity contribution in [3.63, 3.8) is 0 Å². The molecule has 1 aliphatic carbocycles. The molecule has 0 bridgehead atoms. The minimum absolute atomic E-state index is 0.0523. The molecule has 1 aromatic carbocycles. The summed E-state index contributed by atoms with van der Waals surface area (Å²) < 4.78 is 0. The summed E-state index contributed by atoms with van der Waals surface area (Å²) in [5.74, 6) is 1.65. The molecule has 20 heavy (non-hydrogen) atoms. The van der Waals surface area contributed by atoms with E-state index in [1.54, 1.807) is 19.0 Å². The lowest BCUT2D eigenvalue weighted by Crippen LogP contribution is -2.30. The zero-order chi connectivity index (χ0) is 14.7. The van der Waals surface area contributed by atoms with E-state index < -0.39 is 0 Å². The number of nitrogens with zero attached hydrogens (tertiary/aromatic N) is 1. The highest BCUT2D eigenvalue weighted by molar-refractivity contribution is 5.94. The molecule has 3 heteroatoms.